The third-order valence-electron chi connectivity index (χ3n) is 2.60. The van der Waals surface area contributed by atoms with Crippen molar-refractivity contribution in [1.82, 2.24) is 10.6 Å². The van der Waals surface area contributed by atoms with Crippen LogP contribution in [0, 0.1) is 5.92 Å². The van der Waals surface area contributed by atoms with Crippen molar-refractivity contribution < 1.29 is 0 Å². The van der Waals surface area contributed by atoms with Crippen molar-refractivity contribution in [3.63, 3.8) is 0 Å². The van der Waals surface area contributed by atoms with E-state index < -0.39 is 0 Å². The SMILES string of the molecule is CC1NC(C)C(C)C(C)N1.CCC. The fourth-order valence-corrected chi connectivity index (χ4v) is 1.57. The van der Waals surface area contributed by atoms with Gasteiger partial charge >= 0.3 is 0 Å². The van der Waals surface area contributed by atoms with Crippen LogP contribution in [0.4, 0.5) is 0 Å². The van der Waals surface area contributed by atoms with E-state index in [-0.39, 0.29) is 0 Å². The molecule has 1 aliphatic rings. The van der Waals surface area contributed by atoms with Gasteiger partial charge in [-0.2, -0.15) is 0 Å². The first-order chi connectivity index (χ1) is 6.02. The Morgan fingerprint density at radius 3 is 1.46 bits per heavy atom. The maximum Gasteiger partial charge on any atom is 0.0546 e. The summed E-state index contributed by atoms with van der Waals surface area (Å²) in [6, 6.07) is 1.29. The van der Waals surface area contributed by atoms with Crippen LogP contribution in [-0.2, 0) is 0 Å². The van der Waals surface area contributed by atoms with Gasteiger partial charge in [0.05, 0.1) is 6.17 Å². The van der Waals surface area contributed by atoms with Gasteiger partial charge in [0.25, 0.3) is 0 Å². The molecular weight excluding hydrogens is 160 g/mol. The van der Waals surface area contributed by atoms with E-state index in [1.54, 1.807) is 0 Å². The monoisotopic (exact) mass is 186 g/mol. The molecule has 0 saturated carbocycles. The van der Waals surface area contributed by atoms with Gasteiger partial charge in [-0.05, 0) is 26.7 Å². The van der Waals surface area contributed by atoms with Gasteiger partial charge in [0.2, 0.25) is 0 Å². The van der Waals surface area contributed by atoms with Crippen molar-refractivity contribution in [3.8, 4) is 0 Å². The smallest absolute Gasteiger partial charge is 0.0546 e. The highest BCUT2D eigenvalue weighted by Gasteiger charge is 2.25. The van der Waals surface area contributed by atoms with Gasteiger partial charge in [-0.1, -0.05) is 27.2 Å². The van der Waals surface area contributed by atoms with Crippen LogP contribution in [0.5, 0.6) is 0 Å². The first-order valence-electron chi connectivity index (χ1n) is 5.54. The normalized spacial score (nSPS) is 39.2. The molecule has 1 heterocycles. The van der Waals surface area contributed by atoms with E-state index in [4.69, 9.17) is 0 Å². The summed E-state index contributed by atoms with van der Waals surface area (Å²) in [4.78, 5) is 0. The maximum atomic E-state index is 3.45. The van der Waals surface area contributed by atoms with E-state index in [1.807, 2.05) is 0 Å². The van der Waals surface area contributed by atoms with Crippen molar-refractivity contribution in [2.24, 2.45) is 5.92 Å². The topological polar surface area (TPSA) is 24.1 Å². The zero-order valence-corrected chi connectivity index (χ0v) is 10.0. The average molecular weight is 186 g/mol. The minimum absolute atomic E-state index is 0.473. The highest BCUT2D eigenvalue weighted by atomic mass is 15.2. The molecule has 0 aromatic carbocycles. The van der Waals surface area contributed by atoms with Crippen molar-refractivity contribution in [3.05, 3.63) is 0 Å². The van der Waals surface area contributed by atoms with E-state index in [0.717, 1.165) is 5.92 Å². The molecule has 0 amide bonds. The predicted octanol–water partition coefficient (Wildman–Crippen LogP) is 2.35. The Bertz CT molecular complexity index is 113. The van der Waals surface area contributed by atoms with Crippen LogP contribution in [0.15, 0.2) is 0 Å². The van der Waals surface area contributed by atoms with Crippen molar-refractivity contribution >= 4 is 0 Å². The Hall–Kier alpha value is -0.0800. The second kappa shape index (κ2) is 6.39. The Morgan fingerprint density at radius 1 is 0.846 bits per heavy atom. The number of rotatable bonds is 0. The van der Waals surface area contributed by atoms with Crippen molar-refractivity contribution in [2.45, 2.75) is 66.2 Å². The second-order valence-electron chi connectivity index (χ2n) is 4.20. The summed E-state index contributed by atoms with van der Waals surface area (Å²) in [6.45, 7) is 13.2. The van der Waals surface area contributed by atoms with Gasteiger partial charge in [-0.3, -0.25) is 10.6 Å². The minimum Gasteiger partial charge on any atom is -0.299 e. The molecule has 2 N–H and O–H groups in total. The first-order valence-corrected chi connectivity index (χ1v) is 5.54. The molecule has 0 aliphatic carbocycles. The Kier molecular flexibility index (Phi) is 6.35. The van der Waals surface area contributed by atoms with Gasteiger partial charge in [-0.25, -0.2) is 0 Å². The molecule has 0 radical (unpaired) electrons. The van der Waals surface area contributed by atoms with Gasteiger partial charge < -0.3 is 0 Å². The lowest BCUT2D eigenvalue weighted by atomic mass is 9.93. The maximum absolute atomic E-state index is 3.45. The van der Waals surface area contributed by atoms with Crippen molar-refractivity contribution in [1.29, 1.82) is 0 Å². The van der Waals surface area contributed by atoms with Crippen LogP contribution in [0.25, 0.3) is 0 Å². The first kappa shape index (κ1) is 12.9. The zero-order valence-electron chi connectivity index (χ0n) is 10.0. The molecular formula is C11H26N2. The molecule has 2 nitrogen and oxygen atoms in total. The molecule has 0 aromatic heterocycles. The molecule has 0 spiro atoms. The largest absolute Gasteiger partial charge is 0.299 e. The predicted molar refractivity (Wildman–Crippen MR) is 59.8 cm³/mol. The molecule has 2 atom stereocenters. The van der Waals surface area contributed by atoms with Gasteiger partial charge in [0.1, 0.15) is 0 Å². The highest BCUT2D eigenvalue weighted by molar-refractivity contribution is 4.85. The van der Waals surface area contributed by atoms with Crippen LogP contribution >= 0.6 is 0 Å². The molecule has 1 saturated heterocycles. The quantitative estimate of drug-likeness (QED) is 0.607. The standard InChI is InChI=1S/C8H18N2.C3H8/c1-5-6(2)9-8(4)10-7(5)3;1-3-2/h5-10H,1-4H3;3H2,1-2H3. The number of hydrogen-bond acceptors (Lipinski definition) is 2. The second-order valence-corrected chi connectivity index (χ2v) is 4.20. The van der Waals surface area contributed by atoms with E-state index in [0.29, 0.717) is 18.2 Å². The molecule has 13 heavy (non-hydrogen) atoms. The van der Waals surface area contributed by atoms with E-state index in [2.05, 4.69) is 52.2 Å². The Labute approximate surface area is 83.5 Å². The van der Waals surface area contributed by atoms with Crippen LogP contribution in [0.1, 0.15) is 48.0 Å². The summed E-state index contributed by atoms with van der Waals surface area (Å²) in [6.07, 6.45) is 1.72. The van der Waals surface area contributed by atoms with Crippen LogP contribution in [0.3, 0.4) is 0 Å². The van der Waals surface area contributed by atoms with E-state index >= 15 is 0 Å². The lowest BCUT2D eigenvalue weighted by molar-refractivity contribution is 0.203. The van der Waals surface area contributed by atoms with Gasteiger partial charge in [0.15, 0.2) is 0 Å². The van der Waals surface area contributed by atoms with Crippen LogP contribution in [0.2, 0.25) is 0 Å². The summed E-state index contributed by atoms with van der Waals surface area (Å²) in [5.74, 6) is 0.733. The third-order valence-corrected chi connectivity index (χ3v) is 2.60. The summed E-state index contributed by atoms with van der Waals surface area (Å²) < 4.78 is 0. The van der Waals surface area contributed by atoms with Crippen LogP contribution < -0.4 is 10.6 Å². The Morgan fingerprint density at radius 2 is 1.15 bits per heavy atom. The lowest BCUT2D eigenvalue weighted by Gasteiger charge is -2.38. The summed E-state index contributed by atoms with van der Waals surface area (Å²) in [5.41, 5.74) is 0. The molecule has 2 heteroatoms. The fourth-order valence-electron chi connectivity index (χ4n) is 1.57. The van der Waals surface area contributed by atoms with Crippen molar-refractivity contribution in [2.75, 3.05) is 0 Å². The molecule has 1 rings (SSSR count). The highest BCUT2D eigenvalue weighted by Crippen LogP contribution is 2.12. The van der Waals surface area contributed by atoms with Crippen LogP contribution in [-0.4, -0.2) is 18.2 Å². The molecule has 0 bridgehead atoms. The fraction of sp³-hybridized carbons (Fsp3) is 1.00. The van der Waals surface area contributed by atoms with E-state index in [1.165, 1.54) is 6.42 Å². The number of hydrogen-bond donors (Lipinski definition) is 2. The van der Waals surface area contributed by atoms with Gasteiger partial charge in [0, 0.05) is 12.1 Å². The number of nitrogens with one attached hydrogen (secondary N) is 2. The molecule has 1 aliphatic heterocycles. The van der Waals surface area contributed by atoms with E-state index in [9.17, 15) is 0 Å². The molecule has 1 fully saturated rings. The molecule has 2 unspecified atom stereocenters. The zero-order chi connectivity index (χ0) is 10.4. The Balaban J connectivity index is 0.000000424. The summed E-state index contributed by atoms with van der Waals surface area (Å²) in [5, 5.41) is 6.90. The summed E-state index contributed by atoms with van der Waals surface area (Å²) in [7, 11) is 0. The average Bonchev–Trinajstić information content (AvgIpc) is 2.01. The third kappa shape index (κ3) is 4.63. The molecule has 80 valence electrons. The lowest BCUT2D eigenvalue weighted by Crippen LogP contribution is -2.59. The molecule has 0 aromatic rings. The minimum atomic E-state index is 0.473. The summed E-state index contributed by atoms with van der Waals surface area (Å²) >= 11 is 0. The van der Waals surface area contributed by atoms with Gasteiger partial charge in [-0.15, -0.1) is 0 Å².